The number of nitrogens with zero attached hydrogens (tertiary/aromatic N) is 1. The highest BCUT2D eigenvalue weighted by Gasteiger charge is 2.10. The summed E-state index contributed by atoms with van der Waals surface area (Å²) >= 11 is 2.01. The highest BCUT2D eigenvalue weighted by atomic mass is 127. The second kappa shape index (κ2) is 5.69. The van der Waals surface area contributed by atoms with Crippen molar-refractivity contribution >= 4 is 46.0 Å². The van der Waals surface area contributed by atoms with Crippen molar-refractivity contribution in [3.05, 3.63) is 39.7 Å². The molecule has 7 nitrogen and oxygen atoms in total. The van der Waals surface area contributed by atoms with Gasteiger partial charge in [0.1, 0.15) is 0 Å². The number of aromatic amines is 1. The number of amides is 2. The van der Waals surface area contributed by atoms with E-state index in [1.165, 1.54) is 24.5 Å². The van der Waals surface area contributed by atoms with E-state index in [0.717, 1.165) is 3.57 Å². The second-order valence-electron chi connectivity index (χ2n) is 3.57. The molecule has 2 rings (SSSR count). The topological polar surface area (TPSA) is 107 Å². The van der Waals surface area contributed by atoms with Crippen LogP contribution >= 0.6 is 22.6 Å². The number of H-pyrrole nitrogens is 1. The maximum absolute atomic E-state index is 11.7. The van der Waals surface area contributed by atoms with Gasteiger partial charge >= 0.3 is 12.0 Å². The number of rotatable bonds is 3. The maximum atomic E-state index is 11.7. The molecule has 0 aliphatic carbocycles. The first kappa shape index (κ1) is 13.3. The van der Waals surface area contributed by atoms with Crippen LogP contribution in [0.25, 0.3) is 0 Å². The quantitative estimate of drug-likeness (QED) is 0.621. The summed E-state index contributed by atoms with van der Waals surface area (Å²) in [7, 11) is 0. The lowest BCUT2D eigenvalue weighted by Crippen LogP contribution is -2.20. The Hall–Kier alpha value is -2.10. The highest BCUT2D eigenvalue weighted by molar-refractivity contribution is 14.1. The number of aromatic nitrogens is 2. The van der Waals surface area contributed by atoms with Gasteiger partial charge in [-0.3, -0.25) is 5.10 Å². The van der Waals surface area contributed by atoms with Crippen molar-refractivity contribution in [3.63, 3.8) is 0 Å². The standard InChI is InChI=1S/C11H9IN4O3/c12-8-2-1-6(10(17)18)3-9(8)16-11(19)15-7-4-13-14-5-7/h1-5H,(H,13,14)(H,17,18)(H2,15,16,19). The van der Waals surface area contributed by atoms with Crippen LogP contribution in [0, 0.1) is 3.57 Å². The number of hydrogen-bond acceptors (Lipinski definition) is 3. The number of carboxylic acid groups (broad SMARTS) is 1. The van der Waals surface area contributed by atoms with Gasteiger partial charge in [0.15, 0.2) is 0 Å². The Morgan fingerprint density at radius 3 is 2.74 bits per heavy atom. The summed E-state index contributed by atoms with van der Waals surface area (Å²) in [6.07, 6.45) is 2.98. The molecule has 0 aliphatic rings. The number of carbonyl (C=O) groups is 2. The molecule has 1 aromatic heterocycles. The number of aromatic carboxylic acids is 1. The van der Waals surface area contributed by atoms with Gasteiger partial charge in [0.2, 0.25) is 0 Å². The SMILES string of the molecule is O=C(Nc1cn[nH]c1)Nc1cc(C(=O)O)ccc1I. The molecule has 0 radical (unpaired) electrons. The van der Waals surface area contributed by atoms with Crippen molar-refractivity contribution in [1.82, 2.24) is 10.2 Å². The number of anilines is 2. The largest absolute Gasteiger partial charge is 0.478 e. The molecule has 2 aromatic rings. The van der Waals surface area contributed by atoms with Crippen molar-refractivity contribution in [2.45, 2.75) is 0 Å². The zero-order valence-corrected chi connectivity index (χ0v) is 11.6. The van der Waals surface area contributed by atoms with Crippen molar-refractivity contribution < 1.29 is 14.7 Å². The summed E-state index contributed by atoms with van der Waals surface area (Å²) < 4.78 is 0.741. The first-order valence-corrected chi connectivity index (χ1v) is 6.24. The molecule has 0 aliphatic heterocycles. The number of benzene rings is 1. The van der Waals surface area contributed by atoms with E-state index in [0.29, 0.717) is 11.4 Å². The average Bonchev–Trinajstić information content (AvgIpc) is 2.84. The number of carboxylic acids is 1. The van der Waals surface area contributed by atoms with E-state index in [4.69, 9.17) is 5.11 Å². The Morgan fingerprint density at radius 1 is 1.32 bits per heavy atom. The van der Waals surface area contributed by atoms with E-state index in [2.05, 4.69) is 20.8 Å². The van der Waals surface area contributed by atoms with Crippen LogP contribution in [-0.2, 0) is 0 Å². The van der Waals surface area contributed by atoms with Gasteiger partial charge < -0.3 is 15.7 Å². The fourth-order valence-corrected chi connectivity index (χ4v) is 1.83. The Labute approximate surface area is 121 Å². The molecule has 1 heterocycles. The summed E-state index contributed by atoms with van der Waals surface area (Å²) in [5.41, 5.74) is 1.06. The lowest BCUT2D eigenvalue weighted by molar-refractivity contribution is 0.0697. The molecular formula is C11H9IN4O3. The van der Waals surface area contributed by atoms with Gasteiger partial charge in [0.05, 0.1) is 23.1 Å². The Balaban J connectivity index is 2.11. The molecule has 0 atom stereocenters. The van der Waals surface area contributed by atoms with Crippen LogP contribution in [0.4, 0.5) is 16.2 Å². The van der Waals surface area contributed by atoms with Gasteiger partial charge in [-0.2, -0.15) is 5.10 Å². The van der Waals surface area contributed by atoms with E-state index in [1.54, 1.807) is 6.07 Å². The Bertz CT molecular complexity index is 612. The summed E-state index contributed by atoms with van der Waals surface area (Å²) in [5.74, 6) is -1.05. The fraction of sp³-hybridized carbons (Fsp3) is 0. The zero-order chi connectivity index (χ0) is 13.8. The Morgan fingerprint density at radius 2 is 2.11 bits per heavy atom. The molecule has 0 spiro atoms. The van der Waals surface area contributed by atoms with E-state index in [1.807, 2.05) is 22.6 Å². The van der Waals surface area contributed by atoms with Gasteiger partial charge in [0, 0.05) is 9.77 Å². The molecule has 0 unspecified atom stereocenters. The Kier molecular flexibility index (Phi) is 4.00. The predicted octanol–water partition coefficient (Wildman–Crippen LogP) is 2.36. The monoisotopic (exact) mass is 372 g/mol. The van der Waals surface area contributed by atoms with E-state index >= 15 is 0 Å². The molecule has 1 aromatic carbocycles. The van der Waals surface area contributed by atoms with Crippen LogP contribution in [0.15, 0.2) is 30.6 Å². The van der Waals surface area contributed by atoms with E-state index in [9.17, 15) is 9.59 Å². The maximum Gasteiger partial charge on any atom is 0.335 e. The van der Waals surface area contributed by atoms with Gasteiger partial charge in [-0.05, 0) is 40.8 Å². The minimum Gasteiger partial charge on any atom is -0.478 e. The van der Waals surface area contributed by atoms with E-state index < -0.39 is 12.0 Å². The molecule has 0 fully saturated rings. The number of carbonyl (C=O) groups excluding carboxylic acids is 1. The third kappa shape index (κ3) is 3.44. The lowest BCUT2D eigenvalue weighted by atomic mass is 10.2. The van der Waals surface area contributed by atoms with Gasteiger partial charge in [-0.1, -0.05) is 0 Å². The summed E-state index contributed by atoms with van der Waals surface area (Å²) in [6.45, 7) is 0. The number of halogens is 1. The van der Waals surface area contributed by atoms with Crippen molar-refractivity contribution in [3.8, 4) is 0 Å². The van der Waals surface area contributed by atoms with Gasteiger partial charge in [0.25, 0.3) is 0 Å². The third-order valence-electron chi connectivity index (χ3n) is 2.22. The summed E-state index contributed by atoms with van der Waals surface area (Å²) in [4.78, 5) is 22.6. The van der Waals surface area contributed by atoms with Gasteiger partial charge in [-0.15, -0.1) is 0 Å². The van der Waals surface area contributed by atoms with Crippen LogP contribution in [0.2, 0.25) is 0 Å². The minimum absolute atomic E-state index is 0.110. The third-order valence-corrected chi connectivity index (χ3v) is 3.16. The van der Waals surface area contributed by atoms with Crippen LogP contribution in [0.3, 0.4) is 0 Å². The number of hydrogen-bond donors (Lipinski definition) is 4. The van der Waals surface area contributed by atoms with E-state index in [-0.39, 0.29) is 5.56 Å². The molecular weight excluding hydrogens is 363 g/mol. The lowest BCUT2D eigenvalue weighted by Gasteiger charge is -2.08. The first-order valence-electron chi connectivity index (χ1n) is 5.16. The molecule has 0 bridgehead atoms. The number of nitrogens with one attached hydrogen (secondary N) is 3. The van der Waals surface area contributed by atoms with Crippen molar-refractivity contribution in [1.29, 1.82) is 0 Å². The molecule has 0 saturated carbocycles. The first-order chi connectivity index (χ1) is 9.06. The van der Waals surface area contributed by atoms with Crippen molar-refractivity contribution in [2.75, 3.05) is 10.6 Å². The minimum atomic E-state index is -1.05. The highest BCUT2D eigenvalue weighted by Crippen LogP contribution is 2.20. The molecule has 0 saturated heterocycles. The fourth-order valence-electron chi connectivity index (χ4n) is 1.36. The second-order valence-corrected chi connectivity index (χ2v) is 4.73. The summed E-state index contributed by atoms with van der Waals surface area (Å²) in [5, 5.41) is 20.3. The normalized spacial score (nSPS) is 9.95. The molecule has 19 heavy (non-hydrogen) atoms. The predicted molar refractivity (Wildman–Crippen MR) is 77.3 cm³/mol. The van der Waals surface area contributed by atoms with Crippen molar-refractivity contribution in [2.24, 2.45) is 0 Å². The van der Waals surface area contributed by atoms with Crippen LogP contribution in [0.1, 0.15) is 10.4 Å². The van der Waals surface area contributed by atoms with Crippen LogP contribution in [0.5, 0.6) is 0 Å². The number of urea groups is 1. The molecule has 8 heteroatoms. The van der Waals surface area contributed by atoms with Gasteiger partial charge in [-0.25, -0.2) is 9.59 Å². The molecule has 98 valence electrons. The molecule has 2 amide bonds. The smallest absolute Gasteiger partial charge is 0.335 e. The van der Waals surface area contributed by atoms with Crippen LogP contribution < -0.4 is 10.6 Å². The molecule has 4 N–H and O–H groups in total. The zero-order valence-electron chi connectivity index (χ0n) is 9.48. The summed E-state index contributed by atoms with van der Waals surface area (Å²) in [6, 6.07) is 4.03. The average molecular weight is 372 g/mol. The van der Waals surface area contributed by atoms with Crippen LogP contribution in [-0.4, -0.2) is 27.3 Å².